The maximum Gasteiger partial charge on any atom is 0.345 e. The molecule has 0 atom stereocenters. The van der Waals surface area contributed by atoms with E-state index >= 15 is 0 Å². The normalized spacial score (nSPS) is 10.3. The van der Waals surface area contributed by atoms with E-state index in [1.54, 1.807) is 6.07 Å². The van der Waals surface area contributed by atoms with Gasteiger partial charge in [0.05, 0.1) is 0 Å². The fourth-order valence-corrected chi connectivity index (χ4v) is 2.81. The van der Waals surface area contributed by atoms with Crippen LogP contribution in [-0.2, 0) is 6.54 Å². The lowest BCUT2D eigenvalue weighted by atomic mass is 10.2. The van der Waals surface area contributed by atoms with Gasteiger partial charge in [-0.25, -0.2) is 4.79 Å². The number of aromatic carboxylic acids is 1. The van der Waals surface area contributed by atoms with Crippen LogP contribution in [-0.4, -0.2) is 11.1 Å². The minimum absolute atomic E-state index is 0.395. The van der Waals surface area contributed by atoms with Crippen LogP contribution in [0.15, 0.2) is 30.3 Å². The Kier molecular flexibility index (Phi) is 4.23. The summed E-state index contributed by atoms with van der Waals surface area (Å²) in [4.78, 5) is 12.3. The molecule has 3 nitrogen and oxygen atoms in total. The topological polar surface area (TPSA) is 49.3 Å². The summed E-state index contributed by atoms with van der Waals surface area (Å²) in [6, 6.07) is 9.84. The van der Waals surface area contributed by atoms with Gasteiger partial charge in [-0.2, -0.15) is 0 Å². The molecule has 1 aromatic heterocycles. The summed E-state index contributed by atoms with van der Waals surface area (Å²) in [7, 11) is 0. The molecule has 0 bridgehead atoms. The number of hydrogen-bond acceptors (Lipinski definition) is 3. The molecule has 0 radical (unpaired) electrons. The Morgan fingerprint density at radius 3 is 2.61 bits per heavy atom. The molecule has 0 saturated carbocycles. The second kappa shape index (κ2) is 5.71. The van der Waals surface area contributed by atoms with E-state index in [2.05, 4.69) is 27.9 Å². The Labute approximate surface area is 123 Å². The summed E-state index contributed by atoms with van der Waals surface area (Å²) in [6.07, 6.45) is 0. The predicted octanol–water partition coefficient (Wildman–Crippen LogP) is 3.97. The lowest BCUT2D eigenvalue weighted by Crippen LogP contribution is -1.99. The van der Waals surface area contributed by atoms with Gasteiger partial charge in [0.2, 0.25) is 0 Å². The molecule has 5 heteroatoms. The molecule has 0 aliphatic rings. The molecule has 18 heavy (non-hydrogen) atoms. The smallest absolute Gasteiger partial charge is 0.345 e. The van der Waals surface area contributed by atoms with Gasteiger partial charge in [-0.1, -0.05) is 0 Å². The molecule has 2 N–H and O–H groups in total. The van der Waals surface area contributed by atoms with E-state index in [4.69, 9.17) is 5.11 Å². The summed E-state index contributed by atoms with van der Waals surface area (Å²) in [6.45, 7) is 2.60. The maximum atomic E-state index is 10.9. The second-order valence-corrected chi connectivity index (χ2v) is 6.36. The molecule has 1 aromatic carbocycles. The zero-order valence-corrected chi connectivity index (χ0v) is 12.7. The van der Waals surface area contributed by atoms with Crippen molar-refractivity contribution in [3.8, 4) is 0 Å². The molecule has 1 heterocycles. The zero-order valence-electron chi connectivity index (χ0n) is 9.74. The van der Waals surface area contributed by atoms with Crippen molar-refractivity contribution in [2.75, 3.05) is 5.32 Å². The number of thiophene rings is 1. The minimum atomic E-state index is -0.858. The Hall–Kier alpha value is -1.08. The van der Waals surface area contributed by atoms with Crippen LogP contribution >= 0.6 is 33.9 Å². The largest absolute Gasteiger partial charge is 0.477 e. The van der Waals surface area contributed by atoms with Gasteiger partial charge in [0.25, 0.3) is 0 Å². The van der Waals surface area contributed by atoms with Crippen LogP contribution in [0.3, 0.4) is 0 Å². The Bertz CT molecular complexity index is 563. The Balaban J connectivity index is 2.06. The zero-order chi connectivity index (χ0) is 13.1. The molecular weight excluding hydrogens is 361 g/mol. The van der Waals surface area contributed by atoms with Crippen LogP contribution in [0.2, 0.25) is 0 Å². The number of anilines is 1. The quantitative estimate of drug-likeness (QED) is 0.798. The number of carbonyl (C=O) groups is 1. The summed E-state index contributed by atoms with van der Waals surface area (Å²) in [5, 5.41) is 12.2. The van der Waals surface area contributed by atoms with Crippen LogP contribution in [0.5, 0.6) is 0 Å². The lowest BCUT2D eigenvalue weighted by molar-refractivity contribution is 0.0702. The van der Waals surface area contributed by atoms with Crippen molar-refractivity contribution < 1.29 is 9.90 Å². The van der Waals surface area contributed by atoms with Gasteiger partial charge in [-0.05, 0) is 65.4 Å². The van der Waals surface area contributed by atoms with Gasteiger partial charge in [0.1, 0.15) is 4.88 Å². The van der Waals surface area contributed by atoms with E-state index < -0.39 is 5.97 Å². The number of halogens is 1. The van der Waals surface area contributed by atoms with Gasteiger partial charge >= 0.3 is 5.97 Å². The van der Waals surface area contributed by atoms with E-state index in [9.17, 15) is 4.79 Å². The maximum absolute atomic E-state index is 10.9. The van der Waals surface area contributed by atoms with Crippen LogP contribution in [0.4, 0.5) is 5.69 Å². The monoisotopic (exact) mass is 373 g/mol. The molecule has 2 rings (SSSR count). The highest BCUT2D eigenvalue weighted by Gasteiger charge is 2.10. The van der Waals surface area contributed by atoms with E-state index in [-0.39, 0.29) is 0 Å². The summed E-state index contributed by atoms with van der Waals surface area (Å²) >= 11 is 3.58. The standard InChI is InChI=1S/C13H12INO2S/c1-8-9(6-12(18-8)13(16)17)7-15-11-4-2-10(14)3-5-11/h2-6,15H,7H2,1H3,(H,16,17). The van der Waals surface area contributed by atoms with Crippen molar-refractivity contribution in [1.82, 2.24) is 0 Å². The number of aryl methyl sites for hydroxylation is 1. The summed E-state index contributed by atoms with van der Waals surface area (Å²) in [5.41, 5.74) is 2.08. The number of benzene rings is 1. The molecule has 2 aromatic rings. The average Bonchev–Trinajstić information content (AvgIpc) is 2.70. The van der Waals surface area contributed by atoms with Gasteiger partial charge in [-0.15, -0.1) is 11.3 Å². The predicted molar refractivity (Wildman–Crippen MR) is 82.5 cm³/mol. The molecule has 94 valence electrons. The fraction of sp³-hybridized carbons (Fsp3) is 0.154. The van der Waals surface area contributed by atoms with Crippen molar-refractivity contribution in [2.45, 2.75) is 13.5 Å². The van der Waals surface area contributed by atoms with E-state index in [0.717, 1.165) is 16.1 Å². The molecular formula is C13H12INO2S. The second-order valence-electron chi connectivity index (χ2n) is 3.86. The summed E-state index contributed by atoms with van der Waals surface area (Å²) < 4.78 is 1.19. The number of carboxylic acids is 1. The van der Waals surface area contributed by atoms with Crippen molar-refractivity contribution >= 4 is 45.6 Å². The van der Waals surface area contributed by atoms with Crippen LogP contribution < -0.4 is 5.32 Å². The first-order valence-corrected chi connectivity index (χ1v) is 7.28. The van der Waals surface area contributed by atoms with Gasteiger partial charge in [0.15, 0.2) is 0 Å². The Morgan fingerprint density at radius 1 is 1.39 bits per heavy atom. The fourth-order valence-electron chi connectivity index (χ4n) is 1.57. The van der Waals surface area contributed by atoms with E-state index in [1.165, 1.54) is 14.9 Å². The Morgan fingerprint density at radius 2 is 2.06 bits per heavy atom. The number of carboxylic acid groups (broad SMARTS) is 1. The highest BCUT2D eigenvalue weighted by molar-refractivity contribution is 14.1. The van der Waals surface area contributed by atoms with Crippen LogP contribution in [0.1, 0.15) is 20.1 Å². The lowest BCUT2D eigenvalue weighted by Gasteiger charge is -2.05. The first-order chi connectivity index (χ1) is 8.56. The van der Waals surface area contributed by atoms with Crippen molar-refractivity contribution in [3.63, 3.8) is 0 Å². The summed E-state index contributed by atoms with van der Waals surface area (Å²) in [5.74, 6) is -0.858. The molecule has 0 aliphatic carbocycles. The van der Waals surface area contributed by atoms with Gasteiger partial charge in [-0.3, -0.25) is 0 Å². The minimum Gasteiger partial charge on any atom is -0.477 e. The molecule has 0 fully saturated rings. The first-order valence-electron chi connectivity index (χ1n) is 5.38. The van der Waals surface area contributed by atoms with Crippen molar-refractivity contribution in [3.05, 3.63) is 49.2 Å². The van der Waals surface area contributed by atoms with E-state index in [1.807, 2.05) is 31.2 Å². The third-order valence-electron chi connectivity index (χ3n) is 2.56. The molecule has 0 saturated heterocycles. The van der Waals surface area contributed by atoms with Crippen LogP contribution in [0.25, 0.3) is 0 Å². The van der Waals surface area contributed by atoms with Crippen molar-refractivity contribution in [2.24, 2.45) is 0 Å². The first kappa shape index (κ1) is 13.4. The molecule has 0 unspecified atom stereocenters. The molecule has 0 spiro atoms. The van der Waals surface area contributed by atoms with E-state index in [0.29, 0.717) is 11.4 Å². The van der Waals surface area contributed by atoms with Crippen LogP contribution in [0, 0.1) is 10.5 Å². The number of nitrogens with one attached hydrogen (secondary N) is 1. The van der Waals surface area contributed by atoms with Gasteiger partial charge in [0, 0.05) is 20.7 Å². The highest BCUT2D eigenvalue weighted by Crippen LogP contribution is 2.22. The third-order valence-corrected chi connectivity index (χ3v) is 4.36. The third kappa shape index (κ3) is 3.23. The number of rotatable bonds is 4. The molecule has 0 aliphatic heterocycles. The van der Waals surface area contributed by atoms with Gasteiger partial charge < -0.3 is 10.4 Å². The highest BCUT2D eigenvalue weighted by atomic mass is 127. The van der Waals surface area contributed by atoms with Crippen molar-refractivity contribution in [1.29, 1.82) is 0 Å². The number of hydrogen-bond donors (Lipinski definition) is 2. The molecule has 0 amide bonds. The average molecular weight is 373 g/mol. The SMILES string of the molecule is Cc1sc(C(=O)O)cc1CNc1ccc(I)cc1.